The molecule has 2 aromatic rings. The highest BCUT2D eigenvalue weighted by Crippen LogP contribution is 2.20. The Morgan fingerprint density at radius 3 is 2.41 bits per heavy atom. The summed E-state index contributed by atoms with van der Waals surface area (Å²) in [5, 5.41) is 0. The van der Waals surface area contributed by atoms with Crippen LogP contribution in [0.3, 0.4) is 0 Å². The molecule has 2 rings (SSSR count). The lowest BCUT2D eigenvalue weighted by molar-refractivity contribution is 0.572. The summed E-state index contributed by atoms with van der Waals surface area (Å²) in [6.45, 7) is 0.310. The van der Waals surface area contributed by atoms with Crippen LogP contribution in [-0.2, 0) is 16.4 Å². The summed E-state index contributed by atoms with van der Waals surface area (Å²) >= 11 is 0. The summed E-state index contributed by atoms with van der Waals surface area (Å²) in [5.41, 5.74) is 6.80. The van der Waals surface area contributed by atoms with Crippen molar-refractivity contribution in [1.82, 2.24) is 4.98 Å². The number of nitrogens with two attached hydrogens (primary N) is 1. The van der Waals surface area contributed by atoms with Crippen molar-refractivity contribution in [2.24, 2.45) is 5.73 Å². The smallest absolute Gasteiger partial charge is 0.226 e. The fourth-order valence-electron chi connectivity index (χ4n) is 1.38. The Labute approximate surface area is 99.2 Å². The molecule has 0 radical (unpaired) electrons. The van der Waals surface area contributed by atoms with Gasteiger partial charge < -0.3 is 10.2 Å². The van der Waals surface area contributed by atoms with Crippen molar-refractivity contribution in [1.29, 1.82) is 0 Å². The van der Waals surface area contributed by atoms with E-state index >= 15 is 0 Å². The zero-order valence-corrected chi connectivity index (χ0v) is 10.1. The normalized spacial score (nSPS) is 11.6. The first-order chi connectivity index (χ1) is 8.00. The summed E-state index contributed by atoms with van der Waals surface area (Å²) < 4.78 is 27.8. The summed E-state index contributed by atoms with van der Waals surface area (Å²) in [7, 11) is -3.17. The van der Waals surface area contributed by atoms with Crippen LogP contribution in [0.5, 0.6) is 0 Å². The minimum absolute atomic E-state index is 0.270. The van der Waals surface area contributed by atoms with Crippen molar-refractivity contribution in [3.8, 4) is 11.5 Å². The van der Waals surface area contributed by atoms with Gasteiger partial charge in [0.2, 0.25) is 5.89 Å². The van der Waals surface area contributed by atoms with Crippen LogP contribution in [0.25, 0.3) is 11.5 Å². The number of oxazole rings is 1. The third-order valence-corrected chi connectivity index (χ3v) is 3.42. The quantitative estimate of drug-likeness (QED) is 0.887. The Kier molecular flexibility index (Phi) is 2.99. The van der Waals surface area contributed by atoms with Crippen molar-refractivity contribution < 1.29 is 12.8 Å². The largest absolute Gasteiger partial charge is 0.444 e. The molecule has 1 heterocycles. The lowest BCUT2D eigenvalue weighted by Gasteiger charge is -1.99. The molecule has 0 aliphatic carbocycles. The zero-order valence-electron chi connectivity index (χ0n) is 9.25. The van der Waals surface area contributed by atoms with E-state index in [1.807, 2.05) is 0 Å². The Balaban J connectivity index is 2.35. The third-order valence-electron chi connectivity index (χ3n) is 2.29. The van der Waals surface area contributed by atoms with Gasteiger partial charge in [-0.25, -0.2) is 13.4 Å². The molecule has 0 aliphatic heterocycles. The van der Waals surface area contributed by atoms with Crippen molar-refractivity contribution in [3.63, 3.8) is 0 Å². The number of hydrogen-bond acceptors (Lipinski definition) is 5. The van der Waals surface area contributed by atoms with Gasteiger partial charge in [-0.3, -0.25) is 0 Å². The SMILES string of the molecule is CS(=O)(=O)c1ccc(-c2nc(CN)co2)cc1. The van der Waals surface area contributed by atoms with Crippen LogP contribution in [-0.4, -0.2) is 19.7 Å². The predicted molar refractivity (Wildman–Crippen MR) is 62.9 cm³/mol. The molecular weight excluding hydrogens is 240 g/mol. The molecule has 0 amide bonds. The molecular formula is C11H12N2O3S. The molecule has 0 atom stereocenters. The highest BCUT2D eigenvalue weighted by Gasteiger charge is 2.09. The van der Waals surface area contributed by atoms with Crippen LogP contribution in [0, 0.1) is 0 Å². The molecule has 0 aliphatic rings. The Morgan fingerprint density at radius 2 is 1.94 bits per heavy atom. The summed E-state index contributed by atoms with van der Waals surface area (Å²) in [4.78, 5) is 4.42. The molecule has 6 heteroatoms. The second kappa shape index (κ2) is 4.31. The molecule has 17 heavy (non-hydrogen) atoms. The highest BCUT2D eigenvalue weighted by atomic mass is 32.2. The van der Waals surface area contributed by atoms with E-state index in [9.17, 15) is 8.42 Å². The van der Waals surface area contributed by atoms with Gasteiger partial charge in [0, 0.05) is 18.4 Å². The first kappa shape index (κ1) is 11.8. The lowest BCUT2D eigenvalue weighted by Crippen LogP contribution is -1.97. The number of aromatic nitrogens is 1. The molecule has 0 bridgehead atoms. The second-order valence-electron chi connectivity index (χ2n) is 3.64. The van der Waals surface area contributed by atoms with Crippen molar-refractivity contribution in [2.45, 2.75) is 11.4 Å². The monoisotopic (exact) mass is 252 g/mol. The second-order valence-corrected chi connectivity index (χ2v) is 5.66. The Bertz CT molecular complexity index is 614. The van der Waals surface area contributed by atoms with E-state index < -0.39 is 9.84 Å². The van der Waals surface area contributed by atoms with Gasteiger partial charge in [-0.2, -0.15) is 0 Å². The van der Waals surface area contributed by atoms with Gasteiger partial charge in [-0.15, -0.1) is 0 Å². The predicted octanol–water partition coefficient (Wildman–Crippen LogP) is 1.20. The van der Waals surface area contributed by atoms with Gasteiger partial charge in [-0.1, -0.05) is 0 Å². The number of hydrogen-bond donors (Lipinski definition) is 1. The van der Waals surface area contributed by atoms with Gasteiger partial charge in [0.05, 0.1) is 10.6 Å². The topological polar surface area (TPSA) is 86.2 Å². The Morgan fingerprint density at radius 1 is 1.29 bits per heavy atom. The molecule has 1 aromatic heterocycles. The molecule has 0 saturated carbocycles. The van der Waals surface area contributed by atoms with Crippen LogP contribution < -0.4 is 5.73 Å². The minimum Gasteiger partial charge on any atom is -0.444 e. The van der Waals surface area contributed by atoms with Crippen LogP contribution in [0.2, 0.25) is 0 Å². The maximum Gasteiger partial charge on any atom is 0.226 e. The summed E-state index contributed by atoms with van der Waals surface area (Å²) in [5.74, 6) is 0.436. The van der Waals surface area contributed by atoms with Gasteiger partial charge in [0.25, 0.3) is 0 Å². The Hall–Kier alpha value is -1.66. The maximum atomic E-state index is 11.3. The van der Waals surface area contributed by atoms with Gasteiger partial charge in [0.15, 0.2) is 9.84 Å². The first-order valence-corrected chi connectivity index (χ1v) is 6.85. The average Bonchev–Trinajstić information content (AvgIpc) is 2.76. The highest BCUT2D eigenvalue weighted by molar-refractivity contribution is 7.90. The molecule has 0 unspecified atom stereocenters. The summed E-state index contributed by atoms with van der Waals surface area (Å²) in [6.07, 6.45) is 2.65. The molecule has 5 nitrogen and oxygen atoms in total. The van der Waals surface area contributed by atoms with E-state index in [1.54, 1.807) is 12.1 Å². The van der Waals surface area contributed by atoms with Crippen molar-refractivity contribution >= 4 is 9.84 Å². The van der Waals surface area contributed by atoms with Gasteiger partial charge in [-0.05, 0) is 24.3 Å². The van der Waals surface area contributed by atoms with E-state index in [0.29, 0.717) is 18.1 Å². The van der Waals surface area contributed by atoms with Crippen LogP contribution in [0.4, 0.5) is 0 Å². The van der Waals surface area contributed by atoms with Gasteiger partial charge >= 0.3 is 0 Å². The molecule has 0 spiro atoms. The van der Waals surface area contributed by atoms with Gasteiger partial charge in [0.1, 0.15) is 6.26 Å². The minimum atomic E-state index is -3.17. The molecule has 0 fully saturated rings. The molecule has 0 saturated heterocycles. The number of nitrogens with zero attached hydrogens (tertiary/aromatic N) is 1. The fraction of sp³-hybridized carbons (Fsp3) is 0.182. The average molecular weight is 252 g/mol. The van der Waals surface area contributed by atoms with Crippen LogP contribution in [0.15, 0.2) is 39.8 Å². The summed E-state index contributed by atoms with van der Waals surface area (Å²) in [6, 6.07) is 6.36. The standard InChI is InChI=1S/C11H12N2O3S/c1-17(14,15)10-4-2-8(3-5-10)11-13-9(6-12)7-16-11/h2-5,7H,6,12H2,1H3. The maximum absolute atomic E-state index is 11.3. The zero-order chi connectivity index (χ0) is 12.5. The van der Waals surface area contributed by atoms with E-state index in [0.717, 1.165) is 5.56 Å². The lowest BCUT2D eigenvalue weighted by atomic mass is 10.2. The molecule has 2 N–H and O–H groups in total. The number of benzene rings is 1. The van der Waals surface area contributed by atoms with E-state index in [-0.39, 0.29) is 4.90 Å². The molecule has 90 valence electrons. The number of sulfone groups is 1. The molecule has 1 aromatic carbocycles. The van der Waals surface area contributed by atoms with E-state index in [1.165, 1.54) is 24.7 Å². The van der Waals surface area contributed by atoms with Crippen LogP contribution >= 0.6 is 0 Å². The fourth-order valence-corrected chi connectivity index (χ4v) is 2.01. The first-order valence-electron chi connectivity index (χ1n) is 4.95. The van der Waals surface area contributed by atoms with Crippen LogP contribution in [0.1, 0.15) is 5.69 Å². The third kappa shape index (κ3) is 2.54. The van der Waals surface area contributed by atoms with E-state index in [4.69, 9.17) is 10.2 Å². The van der Waals surface area contributed by atoms with E-state index in [2.05, 4.69) is 4.98 Å². The van der Waals surface area contributed by atoms with Crippen molar-refractivity contribution in [2.75, 3.05) is 6.26 Å². The van der Waals surface area contributed by atoms with Crippen molar-refractivity contribution in [3.05, 3.63) is 36.2 Å². The number of rotatable bonds is 3.